The molecule has 2 aliphatic rings. The van der Waals surface area contributed by atoms with Crippen molar-refractivity contribution in [1.82, 2.24) is 29.5 Å². The third kappa shape index (κ3) is 3.71. The number of rotatable bonds is 4. The molecule has 2 aromatic heterocycles. The molecule has 2 aliphatic heterocycles. The second-order valence-corrected chi connectivity index (χ2v) is 8.50. The highest BCUT2D eigenvalue weighted by Crippen LogP contribution is 2.23. The number of imidazole rings is 1. The number of piperidine rings is 1. The first-order valence-corrected chi connectivity index (χ1v) is 11.2. The Morgan fingerprint density at radius 2 is 1.87 bits per heavy atom. The van der Waals surface area contributed by atoms with Gasteiger partial charge in [0.05, 0.1) is 23.3 Å². The summed E-state index contributed by atoms with van der Waals surface area (Å²) in [5, 5.41) is 7.36. The fraction of sp³-hybridized carbons (Fsp3) is 0.478. The zero-order chi connectivity index (χ0) is 21.4. The van der Waals surface area contributed by atoms with E-state index in [1.54, 1.807) is 0 Å². The number of aromatic nitrogens is 4. The minimum atomic E-state index is 0.0273. The molecular weight excluding hydrogens is 392 g/mol. The number of nitrogens with one attached hydrogen (secondary N) is 1. The third-order valence-corrected chi connectivity index (χ3v) is 6.53. The van der Waals surface area contributed by atoms with Crippen molar-refractivity contribution in [2.45, 2.75) is 52.1 Å². The van der Waals surface area contributed by atoms with Gasteiger partial charge in [-0.1, -0.05) is 12.1 Å². The van der Waals surface area contributed by atoms with E-state index in [1.807, 2.05) is 41.0 Å². The monoisotopic (exact) mass is 420 g/mol. The molecule has 0 spiro atoms. The van der Waals surface area contributed by atoms with E-state index in [-0.39, 0.29) is 11.8 Å². The van der Waals surface area contributed by atoms with Gasteiger partial charge in [0.15, 0.2) is 5.69 Å². The fourth-order valence-corrected chi connectivity index (χ4v) is 4.80. The van der Waals surface area contributed by atoms with Crippen LogP contribution in [0.25, 0.3) is 11.0 Å². The Hall–Kier alpha value is -3.16. The molecule has 0 bridgehead atoms. The van der Waals surface area contributed by atoms with Crippen LogP contribution in [0.3, 0.4) is 0 Å². The van der Waals surface area contributed by atoms with Gasteiger partial charge in [-0.15, -0.1) is 0 Å². The van der Waals surface area contributed by atoms with E-state index < -0.39 is 0 Å². The summed E-state index contributed by atoms with van der Waals surface area (Å²) in [4.78, 5) is 34.2. The number of hydrogen-bond donors (Lipinski definition) is 1. The topological polar surface area (TPSA) is 87.1 Å². The minimum absolute atomic E-state index is 0.0273. The largest absolute Gasteiger partial charge is 0.337 e. The number of H-pyrrole nitrogens is 1. The number of amides is 2. The molecule has 3 aromatic rings. The SMILES string of the molecule is Cc1nc2ccccc2n1CCC(=O)N1CCc2c(C(=O)N3CCCCC3)n[nH]c2C1. The summed E-state index contributed by atoms with van der Waals surface area (Å²) in [7, 11) is 0. The number of carbonyl (C=O) groups excluding carboxylic acids is 2. The highest BCUT2D eigenvalue weighted by Gasteiger charge is 2.29. The molecule has 0 aliphatic carbocycles. The number of aromatic amines is 1. The Kier molecular flexibility index (Phi) is 5.21. The van der Waals surface area contributed by atoms with Crippen LogP contribution in [0.1, 0.15) is 53.3 Å². The van der Waals surface area contributed by atoms with Crippen LogP contribution in [0, 0.1) is 6.92 Å². The molecule has 0 saturated carbocycles. The minimum Gasteiger partial charge on any atom is -0.337 e. The molecule has 162 valence electrons. The van der Waals surface area contributed by atoms with Crippen LogP contribution in [0.15, 0.2) is 24.3 Å². The van der Waals surface area contributed by atoms with Crippen molar-refractivity contribution in [1.29, 1.82) is 0 Å². The predicted molar refractivity (Wildman–Crippen MR) is 117 cm³/mol. The highest BCUT2D eigenvalue weighted by atomic mass is 16.2. The fourth-order valence-electron chi connectivity index (χ4n) is 4.80. The van der Waals surface area contributed by atoms with Gasteiger partial charge in [-0.2, -0.15) is 5.10 Å². The van der Waals surface area contributed by atoms with E-state index in [9.17, 15) is 9.59 Å². The summed E-state index contributed by atoms with van der Waals surface area (Å²) in [6, 6.07) is 8.01. The quantitative estimate of drug-likeness (QED) is 0.703. The van der Waals surface area contributed by atoms with Gasteiger partial charge in [-0.25, -0.2) is 4.98 Å². The first-order chi connectivity index (χ1) is 15.1. The number of fused-ring (bicyclic) bond motifs is 2. The molecular formula is C23H28N6O2. The number of hydrogen-bond acceptors (Lipinski definition) is 4. The van der Waals surface area contributed by atoms with E-state index in [4.69, 9.17) is 0 Å². The Morgan fingerprint density at radius 1 is 1.06 bits per heavy atom. The van der Waals surface area contributed by atoms with E-state index in [0.717, 1.165) is 54.0 Å². The van der Waals surface area contributed by atoms with Gasteiger partial charge in [0.2, 0.25) is 5.91 Å². The van der Waals surface area contributed by atoms with Crippen molar-refractivity contribution in [3.63, 3.8) is 0 Å². The average molecular weight is 421 g/mol. The molecule has 8 nitrogen and oxygen atoms in total. The van der Waals surface area contributed by atoms with Crippen molar-refractivity contribution in [3.8, 4) is 0 Å². The maximum atomic E-state index is 12.9. The van der Waals surface area contributed by atoms with Crippen LogP contribution in [-0.2, 0) is 24.3 Å². The van der Waals surface area contributed by atoms with Crippen LogP contribution in [0.2, 0.25) is 0 Å². The first kappa shape index (κ1) is 19.8. The Bertz CT molecular complexity index is 1120. The molecule has 0 atom stereocenters. The number of para-hydroxylation sites is 2. The number of nitrogens with zero attached hydrogens (tertiary/aromatic N) is 5. The van der Waals surface area contributed by atoms with Crippen LogP contribution < -0.4 is 0 Å². The second kappa shape index (κ2) is 8.17. The Labute approximate surface area is 181 Å². The molecule has 0 unspecified atom stereocenters. The van der Waals surface area contributed by atoms with E-state index >= 15 is 0 Å². The predicted octanol–water partition coefficient (Wildman–Crippen LogP) is 2.67. The lowest BCUT2D eigenvalue weighted by Crippen LogP contribution is -2.38. The zero-order valence-corrected chi connectivity index (χ0v) is 17.9. The Morgan fingerprint density at radius 3 is 2.71 bits per heavy atom. The van der Waals surface area contributed by atoms with E-state index in [1.165, 1.54) is 6.42 Å². The van der Waals surface area contributed by atoms with Gasteiger partial charge in [-0.05, 0) is 44.7 Å². The zero-order valence-electron chi connectivity index (χ0n) is 17.9. The molecule has 8 heteroatoms. The van der Waals surface area contributed by atoms with Crippen molar-refractivity contribution < 1.29 is 9.59 Å². The molecule has 1 aromatic carbocycles. The van der Waals surface area contributed by atoms with E-state index in [0.29, 0.717) is 38.2 Å². The lowest BCUT2D eigenvalue weighted by Gasteiger charge is -2.28. The summed E-state index contributed by atoms with van der Waals surface area (Å²) < 4.78 is 2.11. The second-order valence-electron chi connectivity index (χ2n) is 8.50. The third-order valence-electron chi connectivity index (χ3n) is 6.53. The molecule has 1 saturated heterocycles. The number of benzene rings is 1. The lowest BCUT2D eigenvalue weighted by molar-refractivity contribution is -0.132. The molecule has 4 heterocycles. The maximum Gasteiger partial charge on any atom is 0.274 e. The van der Waals surface area contributed by atoms with Gasteiger partial charge in [0.1, 0.15) is 5.82 Å². The van der Waals surface area contributed by atoms with Crippen molar-refractivity contribution >= 4 is 22.8 Å². The van der Waals surface area contributed by atoms with Gasteiger partial charge < -0.3 is 14.4 Å². The molecule has 31 heavy (non-hydrogen) atoms. The van der Waals surface area contributed by atoms with Crippen LogP contribution in [0.5, 0.6) is 0 Å². The molecule has 2 amide bonds. The normalized spacial score (nSPS) is 16.5. The van der Waals surface area contributed by atoms with Gasteiger partial charge in [0.25, 0.3) is 5.91 Å². The van der Waals surface area contributed by atoms with Crippen LogP contribution >= 0.6 is 0 Å². The highest BCUT2D eigenvalue weighted by molar-refractivity contribution is 5.94. The van der Waals surface area contributed by atoms with Crippen molar-refractivity contribution in [2.75, 3.05) is 19.6 Å². The van der Waals surface area contributed by atoms with Crippen LogP contribution in [-0.4, -0.2) is 61.0 Å². The van der Waals surface area contributed by atoms with Gasteiger partial charge >= 0.3 is 0 Å². The van der Waals surface area contributed by atoms with Gasteiger partial charge in [-0.3, -0.25) is 14.7 Å². The van der Waals surface area contributed by atoms with Crippen molar-refractivity contribution in [3.05, 3.63) is 47.0 Å². The summed E-state index contributed by atoms with van der Waals surface area (Å²) in [5.41, 5.74) is 4.44. The summed E-state index contributed by atoms with van der Waals surface area (Å²) in [6.07, 6.45) is 4.40. The number of likely N-dealkylation sites (tertiary alicyclic amines) is 1. The number of aryl methyl sites for hydroxylation is 2. The molecule has 1 fully saturated rings. The number of carbonyl (C=O) groups is 2. The Balaban J connectivity index is 1.24. The summed E-state index contributed by atoms with van der Waals surface area (Å²) in [6.45, 7) is 5.31. The average Bonchev–Trinajstić information content (AvgIpc) is 3.37. The maximum absolute atomic E-state index is 12.9. The molecule has 0 radical (unpaired) electrons. The smallest absolute Gasteiger partial charge is 0.274 e. The summed E-state index contributed by atoms with van der Waals surface area (Å²) >= 11 is 0. The van der Waals surface area contributed by atoms with Crippen LogP contribution in [0.4, 0.5) is 0 Å². The van der Waals surface area contributed by atoms with Gasteiger partial charge in [0, 0.05) is 38.2 Å². The standard InChI is InChI=1S/C23H28N6O2/c1-16-24-18-7-3-4-8-20(18)29(16)14-10-21(30)28-13-9-17-19(15-28)25-26-22(17)23(31)27-11-5-2-6-12-27/h3-4,7-8H,2,5-6,9-15H2,1H3,(H,25,26). The molecule has 5 rings (SSSR count). The first-order valence-electron chi connectivity index (χ1n) is 11.2. The summed E-state index contributed by atoms with van der Waals surface area (Å²) in [5.74, 6) is 1.06. The van der Waals surface area contributed by atoms with Crippen molar-refractivity contribution in [2.24, 2.45) is 0 Å². The lowest BCUT2D eigenvalue weighted by atomic mass is 10.0. The molecule has 1 N–H and O–H groups in total. The van der Waals surface area contributed by atoms with E-state index in [2.05, 4.69) is 19.7 Å².